The molecule has 0 saturated heterocycles. The van der Waals surface area contributed by atoms with E-state index in [-0.39, 0.29) is 28.6 Å². The first-order chi connectivity index (χ1) is 11.7. The number of esters is 1. The molecule has 0 radical (unpaired) electrons. The van der Waals surface area contributed by atoms with Gasteiger partial charge in [0.1, 0.15) is 11.6 Å². The van der Waals surface area contributed by atoms with Crippen LogP contribution in [0.3, 0.4) is 0 Å². The van der Waals surface area contributed by atoms with Crippen molar-refractivity contribution in [2.24, 2.45) is 5.73 Å². The molecule has 7 heteroatoms. The normalized spacial score (nSPS) is 12.1. The number of hydrogen-bond donors (Lipinski definition) is 1. The van der Waals surface area contributed by atoms with Crippen molar-refractivity contribution in [2.75, 3.05) is 6.61 Å². The van der Waals surface area contributed by atoms with Crippen molar-refractivity contribution in [3.63, 3.8) is 0 Å². The van der Waals surface area contributed by atoms with Crippen LogP contribution in [0.4, 0.5) is 8.78 Å². The van der Waals surface area contributed by atoms with Crippen molar-refractivity contribution in [3.8, 4) is 11.1 Å². The van der Waals surface area contributed by atoms with Gasteiger partial charge in [0.25, 0.3) is 0 Å². The predicted octanol–water partition coefficient (Wildman–Crippen LogP) is 5.20. The molecule has 2 rings (SSSR count). The van der Waals surface area contributed by atoms with Crippen molar-refractivity contribution in [2.45, 2.75) is 26.3 Å². The molecule has 0 aromatic heterocycles. The van der Waals surface area contributed by atoms with E-state index in [1.165, 1.54) is 6.07 Å². The van der Waals surface area contributed by atoms with Gasteiger partial charge in [-0.15, -0.1) is 0 Å². The third kappa shape index (κ3) is 4.48. The first-order valence-electron chi connectivity index (χ1n) is 7.60. The molecule has 134 valence electrons. The fourth-order valence-electron chi connectivity index (χ4n) is 2.54. The zero-order valence-electron chi connectivity index (χ0n) is 13.7. The number of halogens is 4. The van der Waals surface area contributed by atoms with Crippen molar-refractivity contribution in [1.29, 1.82) is 0 Å². The molecule has 1 atom stereocenters. The molecule has 0 fully saturated rings. The van der Waals surface area contributed by atoms with Crippen LogP contribution in [-0.2, 0) is 9.53 Å². The molecule has 0 amide bonds. The van der Waals surface area contributed by atoms with Crippen molar-refractivity contribution in [1.82, 2.24) is 0 Å². The molecule has 0 bridgehead atoms. The van der Waals surface area contributed by atoms with Crippen LogP contribution in [0.15, 0.2) is 24.3 Å². The Kier molecular flexibility index (Phi) is 6.38. The topological polar surface area (TPSA) is 52.3 Å². The van der Waals surface area contributed by atoms with Crippen LogP contribution < -0.4 is 5.73 Å². The third-order valence-electron chi connectivity index (χ3n) is 3.67. The standard InChI is InChI=1S/C18H17Cl2F2NO2/c1-3-25-16(24)8-15(23)12-5-10(4-9(2)18(12)22)17-13(19)6-11(21)7-14(17)20/h4-7,15H,3,8,23H2,1-2H3/t15-/m0/s1. The molecular formula is C18H17Cl2F2NO2. The fourth-order valence-corrected chi connectivity index (χ4v) is 3.22. The van der Waals surface area contributed by atoms with Crippen molar-refractivity contribution < 1.29 is 18.3 Å². The van der Waals surface area contributed by atoms with Gasteiger partial charge in [0, 0.05) is 17.2 Å². The molecule has 0 aliphatic rings. The molecule has 0 aliphatic carbocycles. The van der Waals surface area contributed by atoms with Crippen molar-refractivity contribution in [3.05, 3.63) is 57.1 Å². The second-order valence-corrected chi connectivity index (χ2v) is 6.37. The summed E-state index contributed by atoms with van der Waals surface area (Å²) < 4.78 is 32.7. The van der Waals surface area contributed by atoms with Gasteiger partial charge >= 0.3 is 5.97 Å². The van der Waals surface area contributed by atoms with E-state index in [2.05, 4.69) is 0 Å². The summed E-state index contributed by atoms with van der Waals surface area (Å²) in [6.45, 7) is 3.45. The summed E-state index contributed by atoms with van der Waals surface area (Å²) in [5.41, 5.74) is 7.29. The minimum absolute atomic E-state index is 0.0981. The molecule has 0 heterocycles. The predicted molar refractivity (Wildman–Crippen MR) is 94.7 cm³/mol. The van der Waals surface area contributed by atoms with Crippen LogP contribution in [0.5, 0.6) is 0 Å². The lowest BCUT2D eigenvalue weighted by atomic mass is 9.95. The lowest BCUT2D eigenvalue weighted by molar-refractivity contribution is -0.143. The Labute approximate surface area is 154 Å². The second-order valence-electron chi connectivity index (χ2n) is 5.56. The maximum atomic E-state index is 14.5. The highest BCUT2D eigenvalue weighted by Crippen LogP contribution is 2.38. The summed E-state index contributed by atoms with van der Waals surface area (Å²) in [6, 6.07) is 4.37. The maximum absolute atomic E-state index is 14.5. The van der Waals surface area contributed by atoms with E-state index in [9.17, 15) is 13.6 Å². The molecule has 2 aromatic carbocycles. The molecule has 3 nitrogen and oxygen atoms in total. The Hall–Kier alpha value is -1.69. The number of rotatable bonds is 5. The third-order valence-corrected chi connectivity index (χ3v) is 4.27. The van der Waals surface area contributed by atoms with Crippen LogP contribution in [0.2, 0.25) is 10.0 Å². The summed E-state index contributed by atoms with van der Waals surface area (Å²) in [4.78, 5) is 11.6. The zero-order chi connectivity index (χ0) is 18.7. The van der Waals surface area contributed by atoms with Gasteiger partial charge in [-0.1, -0.05) is 23.2 Å². The maximum Gasteiger partial charge on any atom is 0.307 e. The summed E-state index contributed by atoms with van der Waals surface area (Å²) in [5.74, 6) is -1.61. The van der Waals surface area contributed by atoms with Crippen LogP contribution in [-0.4, -0.2) is 12.6 Å². The lowest BCUT2D eigenvalue weighted by Crippen LogP contribution is -2.19. The van der Waals surface area contributed by atoms with Gasteiger partial charge in [-0.3, -0.25) is 4.79 Å². The quantitative estimate of drug-likeness (QED) is 0.717. The number of hydrogen-bond acceptors (Lipinski definition) is 3. The monoisotopic (exact) mass is 387 g/mol. The average Bonchev–Trinajstić information content (AvgIpc) is 2.49. The number of carbonyl (C=O) groups excluding carboxylic acids is 1. The van der Waals surface area contributed by atoms with Gasteiger partial charge in [0.15, 0.2) is 0 Å². The first-order valence-corrected chi connectivity index (χ1v) is 8.36. The Morgan fingerprint density at radius 2 is 1.80 bits per heavy atom. The summed E-state index contributed by atoms with van der Waals surface area (Å²) in [6.07, 6.45) is -0.168. The lowest BCUT2D eigenvalue weighted by Gasteiger charge is -2.17. The van der Waals surface area contributed by atoms with Gasteiger partial charge in [-0.2, -0.15) is 0 Å². The van der Waals surface area contributed by atoms with Crippen LogP contribution in [0.1, 0.15) is 30.5 Å². The molecule has 0 saturated carbocycles. The van der Waals surface area contributed by atoms with Gasteiger partial charge < -0.3 is 10.5 Å². The smallest absolute Gasteiger partial charge is 0.307 e. The Balaban J connectivity index is 2.50. The first kappa shape index (κ1) is 19.6. The zero-order valence-corrected chi connectivity index (χ0v) is 15.2. The van der Waals surface area contributed by atoms with E-state index in [0.29, 0.717) is 16.7 Å². The van der Waals surface area contributed by atoms with Gasteiger partial charge in [0.05, 0.1) is 23.1 Å². The summed E-state index contributed by atoms with van der Waals surface area (Å²) in [7, 11) is 0. The largest absolute Gasteiger partial charge is 0.466 e. The van der Waals surface area contributed by atoms with Gasteiger partial charge in [-0.05, 0) is 49.2 Å². The van der Waals surface area contributed by atoms with Crippen molar-refractivity contribution >= 4 is 29.2 Å². The average molecular weight is 388 g/mol. The summed E-state index contributed by atoms with van der Waals surface area (Å²) in [5, 5.41) is 0.196. The summed E-state index contributed by atoms with van der Waals surface area (Å²) >= 11 is 12.2. The second kappa shape index (κ2) is 8.13. The SMILES string of the molecule is CCOC(=O)C[C@H](N)c1cc(-c2c(Cl)cc(F)cc2Cl)cc(C)c1F. The van der Waals surface area contributed by atoms with E-state index in [1.54, 1.807) is 19.9 Å². The van der Waals surface area contributed by atoms with Crippen LogP contribution >= 0.6 is 23.2 Å². The number of ether oxygens (including phenoxy) is 1. The minimum Gasteiger partial charge on any atom is -0.466 e. The van der Waals surface area contributed by atoms with E-state index in [1.807, 2.05) is 0 Å². The molecular weight excluding hydrogens is 371 g/mol. The van der Waals surface area contributed by atoms with Gasteiger partial charge in [0.2, 0.25) is 0 Å². The Bertz CT molecular complexity index is 789. The number of nitrogens with two attached hydrogens (primary N) is 1. The molecule has 0 unspecified atom stereocenters. The van der Waals surface area contributed by atoms with Crippen LogP contribution in [0.25, 0.3) is 11.1 Å². The van der Waals surface area contributed by atoms with E-state index in [0.717, 1.165) is 12.1 Å². The van der Waals surface area contributed by atoms with Crippen LogP contribution in [0, 0.1) is 18.6 Å². The highest BCUT2D eigenvalue weighted by atomic mass is 35.5. The minimum atomic E-state index is -0.893. The molecule has 0 spiro atoms. The molecule has 2 aromatic rings. The number of carbonyl (C=O) groups is 1. The van der Waals surface area contributed by atoms with E-state index in [4.69, 9.17) is 33.7 Å². The fraction of sp³-hybridized carbons (Fsp3) is 0.278. The van der Waals surface area contributed by atoms with E-state index < -0.39 is 23.6 Å². The molecule has 2 N–H and O–H groups in total. The molecule has 0 aliphatic heterocycles. The number of benzene rings is 2. The molecule has 25 heavy (non-hydrogen) atoms. The highest BCUT2D eigenvalue weighted by Gasteiger charge is 2.20. The Morgan fingerprint density at radius 3 is 2.36 bits per heavy atom. The highest BCUT2D eigenvalue weighted by molar-refractivity contribution is 6.39. The van der Waals surface area contributed by atoms with E-state index >= 15 is 0 Å². The number of aryl methyl sites for hydroxylation is 1. The Morgan fingerprint density at radius 1 is 1.20 bits per heavy atom. The van der Waals surface area contributed by atoms with Gasteiger partial charge in [-0.25, -0.2) is 8.78 Å².